The Balaban J connectivity index is 1.44. The molecule has 35 heavy (non-hydrogen) atoms. The lowest BCUT2D eigenvalue weighted by atomic mass is 9.96. The number of hydrogen-bond acceptors (Lipinski definition) is 5. The van der Waals surface area contributed by atoms with Crippen LogP contribution in [0.15, 0.2) is 85.5 Å². The molecule has 1 saturated carbocycles. The van der Waals surface area contributed by atoms with E-state index in [4.69, 9.17) is 10.7 Å². The number of pyridine rings is 2. The van der Waals surface area contributed by atoms with Gasteiger partial charge in [-0.2, -0.15) is 0 Å². The minimum absolute atomic E-state index is 0.151. The Kier molecular flexibility index (Phi) is 4.19. The maximum Gasteiger partial charge on any atom is 0.188 e. The molecular weight excluding hydrogens is 434 g/mol. The topological polar surface area (TPSA) is 86.9 Å². The number of hydrogen-bond donors (Lipinski definition) is 1. The van der Waals surface area contributed by atoms with Crippen molar-refractivity contribution >= 4 is 16.6 Å². The summed E-state index contributed by atoms with van der Waals surface area (Å²) in [6.07, 6.45) is 7.76. The molecule has 7 heteroatoms. The third-order valence-corrected chi connectivity index (χ3v) is 6.91. The molecule has 6 aromatic rings. The van der Waals surface area contributed by atoms with E-state index in [-0.39, 0.29) is 5.54 Å². The van der Waals surface area contributed by atoms with Gasteiger partial charge in [-0.15, -0.1) is 10.2 Å². The fourth-order valence-electron chi connectivity index (χ4n) is 4.74. The molecule has 0 amide bonds. The Hall–Kier alpha value is -4.36. The lowest BCUT2D eigenvalue weighted by Crippen LogP contribution is -2.18. The maximum absolute atomic E-state index is 6.41. The average molecular weight is 458 g/mol. The van der Waals surface area contributed by atoms with Crippen molar-refractivity contribution in [1.29, 1.82) is 0 Å². The van der Waals surface area contributed by atoms with Crippen LogP contribution in [0.25, 0.3) is 50.5 Å². The maximum atomic E-state index is 6.41. The van der Waals surface area contributed by atoms with E-state index in [9.17, 15) is 0 Å². The van der Waals surface area contributed by atoms with Crippen LogP contribution in [0.2, 0.25) is 0 Å². The number of nitrogens with two attached hydrogens (primary N) is 1. The Morgan fingerprint density at radius 2 is 1.71 bits per heavy atom. The Labute approximate surface area is 201 Å². The van der Waals surface area contributed by atoms with Gasteiger partial charge in [-0.25, -0.2) is 9.97 Å². The summed E-state index contributed by atoms with van der Waals surface area (Å²) < 4.78 is 3.88. The number of aromatic nitrogens is 6. The van der Waals surface area contributed by atoms with Crippen molar-refractivity contribution in [2.45, 2.75) is 18.4 Å². The first-order valence-corrected chi connectivity index (χ1v) is 11.7. The first kappa shape index (κ1) is 20.1. The van der Waals surface area contributed by atoms with E-state index in [1.165, 1.54) is 5.56 Å². The molecule has 0 bridgehead atoms. The van der Waals surface area contributed by atoms with Gasteiger partial charge in [0.2, 0.25) is 0 Å². The van der Waals surface area contributed by atoms with E-state index in [1.54, 1.807) is 6.33 Å². The summed E-state index contributed by atoms with van der Waals surface area (Å²) in [6.45, 7) is 0. The molecule has 1 fully saturated rings. The van der Waals surface area contributed by atoms with Crippen LogP contribution >= 0.6 is 0 Å². The van der Waals surface area contributed by atoms with Gasteiger partial charge in [0.15, 0.2) is 11.5 Å². The minimum Gasteiger partial charge on any atom is -0.340 e. The lowest BCUT2D eigenvalue weighted by molar-refractivity contribution is 0.740. The normalized spacial score (nSPS) is 14.6. The first-order chi connectivity index (χ1) is 17.1. The van der Waals surface area contributed by atoms with Crippen molar-refractivity contribution in [3.05, 3.63) is 91.0 Å². The molecule has 0 atom stereocenters. The summed E-state index contributed by atoms with van der Waals surface area (Å²) in [4.78, 5) is 9.58. The Morgan fingerprint density at radius 3 is 2.43 bits per heavy atom. The van der Waals surface area contributed by atoms with E-state index in [1.807, 2.05) is 40.5 Å². The van der Waals surface area contributed by atoms with Crippen molar-refractivity contribution in [3.63, 3.8) is 0 Å². The van der Waals surface area contributed by atoms with Gasteiger partial charge in [0.05, 0.1) is 17.5 Å². The summed E-state index contributed by atoms with van der Waals surface area (Å²) in [5.41, 5.74) is 14.0. The number of benzene rings is 2. The third-order valence-electron chi connectivity index (χ3n) is 6.91. The number of nitrogens with zero attached hydrogens (tertiary/aromatic N) is 6. The fraction of sp³-hybridized carbons (Fsp3) is 0.143. The van der Waals surface area contributed by atoms with Gasteiger partial charge in [-0.3, -0.25) is 4.40 Å². The highest BCUT2D eigenvalue weighted by atomic mass is 15.3. The van der Waals surface area contributed by atoms with Crippen LogP contribution in [-0.4, -0.2) is 29.1 Å². The van der Waals surface area contributed by atoms with Gasteiger partial charge in [0, 0.05) is 41.5 Å². The molecule has 0 saturated heterocycles. The molecule has 1 aliphatic rings. The molecule has 0 aliphatic heterocycles. The van der Waals surface area contributed by atoms with Crippen LogP contribution in [0.5, 0.6) is 0 Å². The number of imidazole rings is 1. The molecular formula is C28H23N7. The van der Waals surface area contributed by atoms with E-state index in [0.717, 1.165) is 57.5 Å². The van der Waals surface area contributed by atoms with Crippen molar-refractivity contribution in [2.75, 3.05) is 0 Å². The Morgan fingerprint density at radius 1 is 0.914 bits per heavy atom. The molecule has 170 valence electrons. The van der Waals surface area contributed by atoms with Gasteiger partial charge in [0.1, 0.15) is 5.69 Å². The standard InChI is InChI=1S/C28H23N7/c1-34-16-24(30-17-34)27-33-32-26-22-15-21(18-5-3-2-4-6-18)25(31-23(22)11-14-35(26)27)19-7-9-20(10-8-19)28(29)12-13-28/h2-11,14-17H,12-13,29H2,1H3. The molecule has 1 aliphatic carbocycles. The smallest absolute Gasteiger partial charge is 0.188 e. The predicted octanol–water partition coefficient (Wildman–Crippen LogP) is 4.96. The highest BCUT2D eigenvalue weighted by molar-refractivity contribution is 5.98. The van der Waals surface area contributed by atoms with E-state index < -0.39 is 0 Å². The highest BCUT2D eigenvalue weighted by Gasteiger charge is 2.39. The second kappa shape index (κ2) is 7.32. The van der Waals surface area contributed by atoms with E-state index in [0.29, 0.717) is 5.82 Å². The molecule has 0 radical (unpaired) electrons. The van der Waals surface area contributed by atoms with Crippen LogP contribution in [0, 0.1) is 0 Å². The molecule has 0 spiro atoms. The SMILES string of the molecule is Cn1cnc(-c2nnc3c4cc(-c5ccccc5)c(-c5ccc(C6(N)CC6)cc5)nc4ccn23)c1. The zero-order valence-corrected chi connectivity index (χ0v) is 19.3. The van der Waals surface area contributed by atoms with Crippen molar-refractivity contribution in [2.24, 2.45) is 12.8 Å². The van der Waals surface area contributed by atoms with Gasteiger partial charge >= 0.3 is 0 Å². The summed E-state index contributed by atoms with van der Waals surface area (Å²) in [7, 11) is 1.94. The van der Waals surface area contributed by atoms with Gasteiger partial charge in [-0.05, 0) is 36.1 Å². The second-order valence-electron chi connectivity index (χ2n) is 9.37. The minimum atomic E-state index is -0.151. The number of aryl methyl sites for hydroxylation is 1. The first-order valence-electron chi connectivity index (χ1n) is 11.7. The zero-order valence-electron chi connectivity index (χ0n) is 19.3. The van der Waals surface area contributed by atoms with Gasteiger partial charge in [0.25, 0.3) is 0 Å². The van der Waals surface area contributed by atoms with Crippen molar-refractivity contribution in [3.8, 4) is 33.9 Å². The lowest BCUT2D eigenvalue weighted by Gasteiger charge is -2.14. The number of fused-ring (bicyclic) bond motifs is 3. The third kappa shape index (κ3) is 3.24. The predicted molar refractivity (Wildman–Crippen MR) is 136 cm³/mol. The quantitative estimate of drug-likeness (QED) is 0.404. The van der Waals surface area contributed by atoms with Crippen LogP contribution in [0.1, 0.15) is 18.4 Å². The monoisotopic (exact) mass is 457 g/mol. The van der Waals surface area contributed by atoms with Crippen LogP contribution in [-0.2, 0) is 12.6 Å². The largest absolute Gasteiger partial charge is 0.340 e. The van der Waals surface area contributed by atoms with Gasteiger partial charge in [-0.1, -0.05) is 54.6 Å². The summed E-state index contributed by atoms with van der Waals surface area (Å²) >= 11 is 0. The summed E-state index contributed by atoms with van der Waals surface area (Å²) in [6, 6.07) is 23.1. The average Bonchev–Trinajstić information content (AvgIpc) is 3.29. The zero-order chi connectivity index (χ0) is 23.6. The molecule has 4 heterocycles. The second-order valence-corrected chi connectivity index (χ2v) is 9.37. The number of rotatable bonds is 4. The molecule has 2 aromatic carbocycles. The molecule has 4 aromatic heterocycles. The van der Waals surface area contributed by atoms with Crippen LogP contribution in [0.4, 0.5) is 0 Å². The molecule has 0 unspecified atom stereocenters. The fourth-order valence-corrected chi connectivity index (χ4v) is 4.74. The van der Waals surface area contributed by atoms with Crippen molar-refractivity contribution < 1.29 is 0 Å². The summed E-state index contributed by atoms with van der Waals surface area (Å²) in [5.74, 6) is 0.708. The Bertz CT molecular complexity index is 1710. The van der Waals surface area contributed by atoms with E-state index >= 15 is 0 Å². The molecule has 7 rings (SSSR count). The highest BCUT2D eigenvalue weighted by Crippen LogP contribution is 2.43. The summed E-state index contributed by atoms with van der Waals surface area (Å²) in [5, 5.41) is 9.92. The molecule has 2 N–H and O–H groups in total. The molecule has 7 nitrogen and oxygen atoms in total. The van der Waals surface area contributed by atoms with Crippen LogP contribution < -0.4 is 5.73 Å². The van der Waals surface area contributed by atoms with Gasteiger partial charge < -0.3 is 10.3 Å². The van der Waals surface area contributed by atoms with E-state index in [2.05, 4.69) is 69.8 Å². The van der Waals surface area contributed by atoms with Crippen molar-refractivity contribution in [1.82, 2.24) is 29.1 Å². The van der Waals surface area contributed by atoms with Crippen LogP contribution in [0.3, 0.4) is 0 Å².